The number of benzene rings is 1. The summed E-state index contributed by atoms with van der Waals surface area (Å²) in [6.07, 6.45) is 0. The Morgan fingerprint density at radius 3 is 2.86 bits per heavy atom. The molecule has 1 aromatic rings. The van der Waals surface area contributed by atoms with Gasteiger partial charge in [0.25, 0.3) is 0 Å². The monoisotopic (exact) mass is 307 g/mol. The van der Waals surface area contributed by atoms with E-state index in [0.717, 1.165) is 49.8 Å². The van der Waals surface area contributed by atoms with Crippen LogP contribution in [0.1, 0.15) is 5.56 Å². The van der Waals surface area contributed by atoms with Crippen LogP contribution < -0.4 is 15.4 Å². The molecule has 122 valence electrons. The largest absolute Gasteiger partial charge is 0.495 e. The highest BCUT2D eigenvalue weighted by Crippen LogP contribution is 2.24. The van der Waals surface area contributed by atoms with Crippen molar-refractivity contribution in [2.45, 2.75) is 6.92 Å². The van der Waals surface area contributed by atoms with Gasteiger partial charge >= 0.3 is 0 Å². The van der Waals surface area contributed by atoms with Gasteiger partial charge in [-0.3, -0.25) is 9.69 Å². The lowest BCUT2D eigenvalue weighted by molar-refractivity contribution is -0.119. The fourth-order valence-electron chi connectivity index (χ4n) is 2.38. The van der Waals surface area contributed by atoms with Crippen molar-refractivity contribution >= 4 is 11.6 Å². The van der Waals surface area contributed by atoms with Gasteiger partial charge in [-0.2, -0.15) is 0 Å². The van der Waals surface area contributed by atoms with Crippen molar-refractivity contribution in [1.29, 1.82) is 0 Å². The molecule has 22 heavy (non-hydrogen) atoms. The van der Waals surface area contributed by atoms with Crippen LogP contribution in [-0.4, -0.2) is 63.9 Å². The number of rotatable bonds is 7. The van der Waals surface area contributed by atoms with Crippen LogP contribution in [0.25, 0.3) is 0 Å². The summed E-state index contributed by atoms with van der Waals surface area (Å²) in [4.78, 5) is 14.2. The van der Waals surface area contributed by atoms with Crippen LogP contribution in [0.3, 0.4) is 0 Å². The third kappa shape index (κ3) is 5.20. The van der Waals surface area contributed by atoms with E-state index in [9.17, 15) is 4.79 Å². The Kier molecular flexibility index (Phi) is 6.48. The van der Waals surface area contributed by atoms with E-state index in [1.807, 2.05) is 25.1 Å². The van der Waals surface area contributed by atoms with Gasteiger partial charge in [0.05, 0.1) is 32.6 Å². The lowest BCUT2D eigenvalue weighted by atomic mass is 10.2. The Labute approximate surface area is 131 Å². The van der Waals surface area contributed by atoms with Crippen LogP contribution in [0.15, 0.2) is 18.2 Å². The van der Waals surface area contributed by atoms with Crippen LogP contribution in [-0.2, 0) is 9.53 Å². The Morgan fingerprint density at radius 2 is 2.14 bits per heavy atom. The number of nitrogens with zero attached hydrogens (tertiary/aromatic N) is 1. The van der Waals surface area contributed by atoms with E-state index in [1.54, 1.807) is 7.11 Å². The maximum absolute atomic E-state index is 11.9. The highest BCUT2D eigenvalue weighted by Gasteiger charge is 2.10. The second-order valence-electron chi connectivity index (χ2n) is 5.36. The van der Waals surface area contributed by atoms with Gasteiger partial charge in [0.2, 0.25) is 5.91 Å². The number of methoxy groups -OCH3 is 1. The summed E-state index contributed by atoms with van der Waals surface area (Å²) in [5.41, 5.74) is 1.96. The first-order valence-electron chi connectivity index (χ1n) is 7.64. The molecule has 6 heteroatoms. The van der Waals surface area contributed by atoms with Crippen molar-refractivity contribution < 1.29 is 14.3 Å². The number of hydrogen-bond donors (Lipinski definition) is 2. The molecule has 1 saturated heterocycles. The number of amides is 1. The lowest BCUT2D eigenvalue weighted by Gasteiger charge is -2.26. The molecule has 0 bridgehead atoms. The van der Waals surface area contributed by atoms with Crippen molar-refractivity contribution in [1.82, 2.24) is 10.2 Å². The number of nitrogens with one attached hydrogen (secondary N) is 2. The molecule has 1 aromatic carbocycles. The van der Waals surface area contributed by atoms with Gasteiger partial charge in [0.1, 0.15) is 5.75 Å². The zero-order valence-electron chi connectivity index (χ0n) is 13.4. The zero-order valence-corrected chi connectivity index (χ0v) is 13.4. The first-order valence-corrected chi connectivity index (χ1v) is 7.64. The molecule has 0 unspecified atom stereocenters. The Balaban J connectivity index is 1.70. The Morgan fingerprint density at radius 1 is 1.36 bits per heavy atom. The summed E-state index contributed by atoms with van der Waals surface area (Å²) < 4.78 is 10.6. The molecule has 0 radical (unpaired) electrons. The normalized spacial score (nSPS) is 15.4. The Bertz CT molecular complexity index is 488. The van der Waals surface area contributed by atoms with Crippen LogP contribution in [0.2, 0.25) is 0 Å². The van der Waals surface area contributed by atoms with Gasteiger partial charge in [-0.1, -0.05) is 6.07 Å². The van der Waals surface area contributed by atoms with Crippen molar-refractivity contribution in [3.05, 3.63) is 23.8 Å². The van der Waals surface area contributed by atoms with E-state index in [1.165, 1.54) is 0 Å². The Hall–Kier alpha value is -1.79. The van der Waals surface area contributed by atoms with E-state index in [0.29, 0.717) is 6.54 Å². The number of aryl methyl sites for hydroxylation is 1. The number of morpholine rings is 1. The van der Waals surface area contributed by atoms with E-state index >= 15 is 0 Å². The maximum Gasteiger partial charge on any atom is 0.239 e. The van der Waals surface area contributed by atoms with Crippen LogP contribution >= 0.6 is 0 Å². The maximum atomic E-state index is 11.9. The molecule has 0 spiro atoms. The molecule has 2 N–H and O–H groups in total. The topological polar surface area (TPSA) is 62.8 Å². The minimum Gasteiger partial charge on any atom is -0.495 e. The summed E-state index contributed by atoms with van der Waals surface area (Å²) in [6, 6.07) is 5.85. The lowest BCUT2D eigenvalue weighted by Crippen LogP contribution is -2.42. The summed E-state index contributed by atoms with van der Waals surface area (Å²) in [7, 11) is 1.62. The van der Waals surface area contributed by atoms with E-state index < -0.39 is 0 Å². The highest BCUT2D eigenvalue weighted by atomic mass is 16.5. The minimum absolute atomic E-state index is 0.0168. The molecule has 1 heterocycles. The number of hydrogen-bond acceptors (Lipinski definition) is 5. The third-order valence-corrected chi connectivity index (χ3v) is 3.65. The molecular formula is C16H25N3O3. The van der Waals surface area contributed by atoms with Gasteiger partial charge < -0.3 is 20.1 Å². The second-order valence-corrected chi connectivity index (χ2v) is 5.36. The molecule has 1 aliphatic rings. The summed E-state index contributed by atoms with van der Waals surface area (Å²) in [6.45, 7) is 7.21. The molecule has 1 aliphatic heterocycles. The first-order chi connectivity index (χ1) is 10.7. The molecular weight excluding hydrogens is 282 g/mol. The van der Waals surface area contributed by atoms with Crippen LogP contribution in [0, 0.1) is 6.92 Å². The quantitative estimate of drug-likeness (QED) is 0.782. The highest BCUT2D eigenvalue weighted by molar-refractivity contribution is 5.81. The van der Waals surface area contributed by atoms with Crippen molar-refractivity contribution in [2.24, 2.45) is 0 Å². The number of carbonyl (C=O) groups excluding carboxylic acids is 1. The number of carbonyl (C=O) groups is 1. The standard InChI is InChI=1S/C16H25N3O3/c1-13-3-4-15(21-2)14(11-13)18-12-16(20)17-5-6-19-7-9-22-10-8-19/h3-4,11,18H,5-10,12H2,1-2H3,(H,17,20). The summed E-state index contributed by atoms with van der Waals surface area (Å²) >= 11 is 0. The van der Waals surface area contributed by atoms with Crippen LogP contribution in [0.5, 0.6) is 5.75 Å². The second kappa shape index (κ2) is 8.60. The average Bonchev–Trinajstić information content (AvgIpc) is 2.54. The molecule has 2 rings (SSSR count). The molecule has 6 nitrogen and oxygen atoms in total. The third-order valence-electron chi connectivity index (χ3n) is 3.65. The van der Waals surface area contributed by atoms with Gasteiger partial charge in [-0.25, -0.2) is 0 Å². The smallest absolute Gasteiger partial charge is 0.239 e. The molecule has 0 aromatic heterocycles. The zero-order chi connectivity index (χ0) is 15.8. The number of anilines is 1. The van der Waals surface area contributed by atoms with E-state index in [4.69, 9.17) is 9.47 Å². The SMILES string of the molecule is COc1ccc(C)cc1NCC(=O)NCCN1CCOCC1. The van der Waals surface area contributed by atoms with Gasteiger partial charge in [-0.05, 0) is 24.6 Å². The van der Waals surface area contributed by atoms with Gasteiger partial charge in [0.15, 0.2) is 0 Å². The first kappa shape index (κ1) is 16.6. The summed E-state index contributed by atoms with van der Waals surface area (Å²) in [5.74, 6) is 0.725. The fraction of sp³-hybridized carbons (Fsp3) is 0.562. The average molecular weight is 307 g/mol. The predicted octanol–water partition coefficient (Wildman–Crippen LogP) is 0.864. The molecule has 0 atom stereocenters. The summed E-state index contributed by atoms with van der Waals surface area (Å²) in [5, 5.41) is 6.05. The molecule has 1 fully saturated rings. The van der Waals surface area contributed by atoms with Crippen molar-refractivity contribution in [3.8, 4) is 5.75 Å². The van der Waals surface area contributed by atoms with E-state index in [-0.39, 0.29) is 12.5 Å². The van der Waals surface area contributed by atoms with Gasteiger partial charge in [0, 0.05) is 26.2 Å². The predicted molar refractivity (Wildman–Crippen MR) is 86.5 cm³/mol. The molecule has 0 aliphatic carbocycles. The molecule has 0 saturated carbocycles. The van der Waals surface area contributed by atoms with Crippen molar-refractivity contribution in [2.75, 3.05) is 58.4 Å². The van der Waals surface area contributed by atoms with Crippen LogP contribution in [0.4, 0.5) is 5.69 Å². The number of ether oxygens (including phenoxy) is 2. The fourth-order valence-corrected chi connectivity index (χ4v) is 2.38. The van der Waals surface area contributed by atoms with E-state index in [2.05, 4.69) is 15.5 Å². The molecule has 1 amide bonds. The van der Waals surface area contributed by atoms with Gasteiger partial charge in [-0.15, -0.1) is 0 Å². The van der Waals surface area contributed by atoms with Crippen molar-refractivity contribution in [3.63, 3.8) is 0 Å². The minimum atomic E-state index is -0.0168.